The van der Waals surface area contributed by atoms with Crippen molar-refractivity contribution < 1.29 is 4.79 Å². The standard InChI is InChI=1S/C20H22N4O/c1-23-10-8-19(22-23)20(25)24-9-4-5-15(14-24)11-16-12-17-6-2-3-7-18(17)21-13-16/h2-3,6-8,10,12-13,15H,4-5,9,11,14H2,1H3/t15-/m1/s1. The van der Waals surface area contributed by atoms with Crippen LogP contribution in [0.2, 0.25) is 0 Å². The lowest BCUT2D eigenvalue weighted by Crippen LogP contribution is -2.40. The Hall–Kier alpha value is -2.69. The SMILES string of the molecule is Cn1ccc(C(=O)N2CCC[C@H](Cc3cnc4ccccc4c3)C2)n1. The zero-order chi connectivity index (χ0) is 17.2. The predicted molar refractivity (Wildman–Crippen MR) is 97.3 cm³/mol. The van der Waals surface area contributed by atoms with Crippen molar-refractivity contribution in [2.75, 3.05) is 13.1 Å². The van der Waals surface area contributed by atoms with Crippen molar-refractivity contribution in [1.82, 2.24) is 19.7 Å². The van der Waals surface area contributed by atoms with Crippen molar-refractivity contribution in [3.8, 4) is 0 Å². The van der Waals surface area contributed by atoms with Crippen LogP contribution in [-0.2, 0) is 13.5 Å². The Morgan fingerprint density at radius 2 is 2.16 bits per heavy atom. The van der Waals surface area contributed by atoms with Gasteiger partial charge in [0.15, 0.2) is 0 Å². The van der Waals surface area contributed by atoms with Crippen molar-refractivity contribution in [2.24, 2.45) is 13.0 Å². The van der Waals surface area contributed by atoms with Crippen LogP contribution < -0.4 is 0 Å². The zero-order valence-corrected chi connectivity index (χ0v) is 14.4. The van der Waals surface area contributed by atoms with Gasteiger partial charge in [-0.2, -0.15) is 5.10 Å². The average Bonchev–Trinajstić information content (AvgIpc) is 3.07. The fourth-order valence-corrected chi connectivity index (χ4v) is 3.67. The van der Waals surface area contributed by atoms with Gasteiger partial charge in [0.05, 0.1) is 5.52 Å². The van der Waals surface area contributed by atoms with Gasteiger partial charge < -0.3 is 4.90 Å². The van der Waals surface area contributed by atoms with E-state index in [-0.39, 0.29) is 5.91 Å². The van der Waals surface area contributed by atoms with E-state index in [0.29, 0.717) is 11.6 Å². The topological polar surface area (TPSA) is 51.0 Å². The molecule has 5 nitrogen and oxygen atoms in total. The summed E-state index contributed by atoms with van der Waals surface area (Å²) in [5, 5.41) is 5.42. The molecule has 0 radical (unpaired) electrons. The third-order valence-corrected chi connectivity index (χ3v) is 4.91. The second kappa shape index (κ2) is 6.67. The molecule has 2 aromatic heterocycles. The van der Waals surface area contributed by atoms with Gasteiger partial charge in [-0.3, -0.25) is 14.5 Å². The predicted octanol–water partition coefficient (Wildman–Crippen LogP) is 3.06. The number of carbonyl (C=O) groups excluding carboxylic acids is 1. The first kappa shape index (κ1) is 15.8. The number of nitrogens with zero attached hydrogens (tertiary/aromatic N) is 4. The second-order valence-corrected chi connectivity index (χ2v) is 6.87. The van der Waals surface area contributed by atoms with E-state index in [0.717, 1.165) is 37.9 Å². The number of fused-ring (bicyclic) bond motifs is 1. The largest absolute Gasteiger partial charge is 0.337 e. The molecule has 3 heterocycles. The summed E-state index contributed by atoms with van der Waals surface area (Å²) in [6.45, 7) is 1.62. The van der Waals surface area contributed by atoms with Crippen molar-refractivity contribution >= 4 is 16.8 Å². The van der Waals surface area contributed by atoms with Crippen LogP contribution in [0.3, 0.4) is 0 Å². The Bertz CT molecular complexity index is 901. The molecule has 0 bridgehead atoms. The van der Waals surface area contributed by atoms with Gasteiger partial charge in [0.1, 0.15) is 5.69 Å². The molecular formula is C20H22N4O. The lowest BCUT2D eigenvalue weighted by molar-refractivity contribution is 0.0666. The molecule has 1 fully saturated rings. The minimum atomic E-state index is 0.0435. The van der Waals surface area contributed by atoms with Crippen LogP contribution in [0.15, 0.2) is 48.8 Å². The van der Waals surface area contributed by atoms with Gasteiger partial charge in [-0.25, -0.2) is 0 Å². The number of para-hydroxylation sites is 1. The van der Waals surface area contributed by atoms with E-state index in [1.54, 1.807) is 10.7 Å². The van der Waals surface area contributed by atoms with E-state index >= 15 is 0 Å². The van der Waals surface area contributed by atoms with E-state index < -0.39 is 0 Å². The van der Waals surface area contributed by atoms with Crippen LogP contribution in [-0.4, -0.2) is 38.7 Å². The lowest BCUT2D eigenvalue weighted by atomic mass is 9.91. The minimum Gasteiger partial charge on any atom is -0.337 e. The van der Waals surface area contributed by atoms with Crippen LogP contribution >= 0.6 is 0 Å². The first-order valence-corrected chi connectivity index (χ1v) is 8.81. The Labute approximate surface area is 147 Å². The van der Waals surface area contributed by atoms with Gasteiger partial charge in [-0.15, -0.1) is 0 Å². The van der Waals surface area contributed by atoms with Crippen LogP contribution in [0.1, 0.15) is 28.9 Å². The van der Waals surface area contributed by atoms with Gasteiger partial charge in [0.25, 0.3) is 5.91 Å². The number of piperidine rings is 1. The van der Waals surface area contributed by atoms with Crippen LogP contribution in [0.5, 0.6) is 0 Å². The average molecular weight is 334 g/mol. The van der Waals surface area contributed by atoms with Crippen molar-refractivity contribution in [3.05, 3.63) is 60.0 Å². The number of likely N-dealkylation sites (tertiary alicyclic amines) is 1. The molecule has 1 atom stereocenters. The summed E-state index contributed by atoms with van der Waals surface area (Å²) in [6.07, 6.45) is 6.95. The van der Waals surface area contributed by atoms with Gasteiger partial charge in [-0.05, 0) is 48.9 Å². The quantitative estimate of drug-likeness (QED) is 0.740. The Morgan fingerprint density at radius 1 is 1.28 bits per heavy atom. The lowest BCUT2D eigenvalue weighted by Gasteiger charge is -2.32. The summed E-state index contributed by atoms with van der Waals surface area (Å²) < 4.78 is 1.68. The van der Waals surface area contributed by atoms with E-state index in [4.69, 9.17) is 0 Å². The summed E-state index contributed by atoms with van der Waals surface area (Å²) in [5.74, 6) is 0.520. The maximum Gasteiger partial charge on any atom is 0.274 e. The number of carbonyl (C=O) groups is 1. The molecule has 1 aliphatic rings. The van der Waals surface area contributed by atoms with E-state index in [2.05, 4.69) is 22.2 Å². The summed E-state index contributed by atoms with van der Waals surface area (Å²) in [5.41, 5.74) is 2.81. The number of amides is 1. The number of aromatic nitrogens is 3. The molecule has 0 saturated carbocycles. The molecule has 5 heteroatoms. The monoisotopic (exact) mass is 334 g/mol. The molecule has 1 amide bonds. The molecule has 0 N–H and O–H groups in total. The number of pyridine rings is 1. The van der Waals surface area contributed by atoms with Crippen molar-refractivity contribution in [2.45, 2.75) is 19.3 Å². The highest BCUT2D eigenvalue weighted by Crippen LogP contribution is 2.23. The summed E-state index contributed by atoms with van der Waals surface area (Å²) in [7, 11) is 1.84. The molecule has 25 heavy (non-hydrogen) atoms. The summed E-state index contributed by atoms with van der Waals surface area (Å²) >= 11 is 0. The molecule has 128 valence electrons. The molecule has 0 aliphatic carbocycles. The Kier molecular flexibility index (Phi) is 4.22. The highest BCUT2D eigenvalue weighted by atomic mass is 16.2. The van der Waals surface area contributed by atoms with Gasteiger partial charge >= 0.3 is 0 Å². The van der Waals surface area contributed by atoms with Gasteiger partial charge in [-0.1, -0.05) is 18.2 Å². The molecule has 0 unspecified atom stereocenters. The fraction of sp³-hybridized carbons (Fsp3) is 0.350. The highest BCUT2D eigenvalue weighted by molar-refractivity contribution is 5.92. The van der Waals surface area contributed by atoms with Gasteiger partial charge in [0, 0.05) is 37.9 Å². The molecule has 1 aromatic carbocycles. The molecule has 0 spiro atoms. The van der Waals surface area contributed by atoms with Crippen LogP contribution in [0.25, 0.3) is 10.9 Å². The van der Waals surface area contributed by atoms with Crippen LogP contribution in [0, 0.1) is 5.92 Å². The molecule has 3 aromatic rings. The maximum atomic E-state index is 12.6. The first-order chi connectivity index (χ1) is 12.2. The highest BCUT2D eigenvalue weighted by Gasteiger charge is 2.25. The minimum absolute atomic E-state index is 0.0435. The number of hydrogen-bond acceptors (Lipinski definition) is 3. The van der Waals surface area contributed by atoms with Gasteiger partial charge in [0.2, 0.25) is 0 Å². The number of rotatable bonds is 3. The maximum absolute atomic E-state index is 12.6. The molecular weight excluding hydrogens is 312 g/mol. The van der Waals surface area contributed by atoms with Crippen molar-refractivity contribution in [3.63, 3.8) is 0 Å². The normalized spacial score (nSPS) is 17.8. The number of benzene rings is 1. The first-order valence-electron chi connectivity index (χ1n) is 8.81. The van der Waals surface area contributed by atoms with E-state index in [1.807, 2.05) is 42.5 Å². The second-order valence-electron chi connectivity index (χ2n) is 6.87. The number of hydrogen-bond donors (Lipinski definition) is 0. The Morgan fingerprint density at radius 3 is 3.00 bits per heavy atom. The third-order valence-electron chi connectivity index (χ3n) is 4.91. The number of aryl methyl sites for hydroxylation is 1. The summed E-state index contributed by atoms with van der Waals surface area (Å²) in [6, 6.07) is 12.2. The zero-order valence-electron chi connectivity index (χ0n) is 14.4. The van der Waals surface area contributed by atoms with E-state index in [1.165, 1.54) is 10.9 Å². The fourth-order valence-electron chi connectivity index (χ4n) is 3.67. The van der Waals surface area contributed by atoms with E-state index in [9.17, 15) is 4.79 Å². The van der Waals surface area contributed by atoms with Crippen LogP contribution in [0.4, 0.5) is 0 Å². The Balaban J connectivity index is 1.46. The third kappa shape index (κ3) is 3.40. The molecule has 1 aliphatic heterocycles. The summed E-state index contributed by atoms with van der Waals surface area (Å²) in [4.78, 5) is 19.1. The van der Waals surface area contributed by atoms with Crippen molar-refractivity contribution in [1.29, 1.82) is 0 Å². The molecule has 4 rings (SSSR count). The smallest absolute Gasteiger partial charge is 0.274 e. The molecule has 1 saturated heterocycles.